The van der Waals surface area contributed by atoms with Crippen molar-refractivity contribution in [1.29, 1.82) is 0 Å². The van der Waals surface area contributed by atoms with Crippen LogP contribution in [0.15, 0.2) is 0 Å². The maximum absolute atomic E-state index is 13.0. The van der Waals surface area contributed by atoms with E-state index in [0.29, 0.717) is 29.7 Å². The highest BCUT2D eigenvalue weighted by Crippen LogP contribution is 2.33. The second-order valence-corrected chi connectivity index (χ2v) is 6.76. The summed E-state index contributed by atoms with van der Waals surface area (Å²) in [7, 11) is 0. The Balaban J connectivity index is 2.86. The molecule has 0 bridgehead atoms. The number of hydrogen-bond donors (Lipinski definition) is 0. The minimum absolute atomic E-state index is 0.192. The molecule has 1 aliphatic rings. The maximum atomic E-state index is 13.0. The van der Waals surface area contributed by atoms with E-state index in [1.807, 2.05) is 0 Å². The van der Waals surface area contributed by atoms with Gasteiger partial charge in [-0.1, -0.05) is 47.5 Å². The van der Waals surface area contributed by atoms with E-state index < -0.39 is 0 Å². The Morgan fingerprint density at radius 3 is 2.21 bits per heavy atom. The van der Waals surface area contributed by atoms with E-state index in [2.05, 4.69) is 46.4 Å². The van der Waals surface area contributed by atoms with Crippen LogP contribution in [0.5, 0.6) is 0 Å². The molecular weight excluding hydrogens is 234 g/mol. The summed E-state index contributed by atoms with van der Waals surface area (Å²) in [6.45, 7) is 14.1. The van der Waals surface area contributed by atoms with Crippen molar-refractivity contribution in [2.75, 3.05) is 6.54 Å². The predicted octanol–water partition coefficient (Wildman–Crippen LogP) is 4.34. The lowest BCUT2D eigenvalue weighted by molar-refractivity contribution is -0.141. The van der Waals surface area contributed by atoms with Crippen LogP contribution in [-0.4, -0.2) is 23.4 Å². The summed E-state index contributed by atoms with van der Waals surface area (Å²) < 4.78 is 0. The van der Waals surface area contributed by atoms with Gasteiger partial charge in [0, 0.05) is 18.5 Å². The molecule has 2 nitrogen and oxygen atoms in total. The molecular formula is C17H33NO. The van der Waals surface area contributed by atoms with E-state index in [0.717, 1.165) is 13.0 Å². The quantitative estimate of drug-likeness (QED) is 0.701. The second-order valence-electron chi connectivity index (χ2n) is 6.76. The van der Waals surface area contributed by atoms with Crippen molar-refractivity contribution in [3.8, 4) is 0 Å². The highest BCUT2D eigenvalue weighted by Gasteiger charge is 2.36. The molecule has 0 aromatic heterocycles. The highest BCUT2D eigenvalue weighted by molar-refractivity contribution is 5.79. The summed E-state index contributed by atoms with van der Waals surface area (Å²) in [5.74, 6) is 2.20. The van der Waals surface area contributed by atoms with Crippen LogP contribution in [0.4, 0.5) is 0 Å². The first-order valence-corrected chi connectivity index (χ1v) is 8.24. The maximum Gasteiger partial charge on any atom is 0.226 e. The van der Waals surface area contributed by atoms with E-state index in [4.69, 9.17) is 0 Å². The lowest BCUT2D eigenvalue weighted by Crippen LogP contribution is -2.47. The molecule has 0 aromatic rings. The van der Waals surface area contributed by atoms with E-state index in [1.54, 1.807) is 0 Å². The average Bonchev–Trinajstić information content (AvgIpc) is 2.76. The summed E-state index contributed by atoms with van der Waals surface area (Å²) >= 11 is 0. The predicted molar refractivity (Wildman–Crippen MR) is 82.0 cm³/mol. The van der Waals surface area contributed by atoms with Gasteiger partial charge in [-0.3, -0.25) is 4.79 Å². The fourth-order valence-electron chi connectivity index (χ4n) is 3.77. The van der Waals surface area contributed by atoms with Crippen LogP contribution >= 0.6 is 0 Å². The molecule has 1 aliphatic carbocycles. The third-order valence-corrected chi connectivity index (χ3v) is 5.10. The summed E-state index contributed by atoms with van der Waals surface area (Å²) in [6.07, 6.45) is 4.86. The van der Waals surface area contributed by atoms with Crippen molar-refractivity contribution in [2.24, 2.45) is 23.7 Å². The molecule has 0 N–H and O–H groups in total. The van der Waals surface area contributed by atoms with E-state index >= 15 is 0 Å². The Labute approximate surface area is 119 Å². The monoisotopic (exact) mass is 267 g/mol. The van der Waals surface area contributed by atoms with Gasteiger partial charge in [0.2, 0.25) is 5.91 Å². The summed E-state index contributed by atoms with van der Waals surface area (Å²) in [6, 6.07) is 0.489. The van der Waals surface area contributed by atoms with Gasteiger partial charge in [-0.05, 0) is 37.5 Å². The van der Waals surface area contributed by atoms with Crippen molar-refractivity contribution in [1.82, 2.24) is 4.90 Å². The molecule has 112 valence electrons. The van der Waals surface area contributed by atoms with Crippen LogP contribution in [0.2, 0.25) is 0 Å². The normalized spacial score (nSPS) is 26.5. The SMILES string of the molecule is CCC(C)C(C(=O)N(CC)C1CCCC1C)C(C)C. The number of nitrogens with zero attached hydrogens (tertiary/aromatic N) is 1. The number of carbonyl (C=O) groups excluding carboxylic acids is 1. The number of amides is 1. The molecule has 0 aliphatic heterocycles. The number of carbonyl (C=O) groups is 1. The summed E-state index contributed by atoms with van der Waals surface area (Å²) in [5.41, 5.74) is 0. The van der Waals surface area contributed by atoms with Crippen LogP contribution in [0, 0.1) is 23.7 Å². The molecule has 0 radical (unpaired) electrons. The Bertz CT molecular complexity index is 287. The minimum Gasteiger partial charge on any atom is -0.339 e. The van der Waals surface area contributed by atoms with Crippen LogP contribution in [0.3, 0.4) is 0 Å². The largest absolute Gasteiger partial charge is 0.339 e. The van der Waals surface area contributed by atoms with Gasteiger partial charge >= 0.3 is 0 Å². The average molecular weight is 267 g/mol. The van der Waals surface area contributed by atoms with Crippen molar-refractivity contribution in [3.05, 3.63) is 0 Å². The van der Waals surface area contributed by atoms with Crippen molar-refractivity contribution >= 4 is 5.91 Å². The Morgan fingerprint density at radius 1 is 1.21 bits per heavy atom. The Kier molecular flexibility index (Phi) is 6.35. The third-order valence-electron chi connectivity index (χ3n) is 5.10. The van der Waals surface area contributed by atoms with Gasteiger partial charge in [0.25, 0.3) is 0 Å². The third kappa shape index (κ3) is 3.73. The number of rotatable bonds is 6. The Morgan fingerprint density at radius 2 is 1.84 bits per heavy atom. The first kappa shape index (κ1) is 16.5. The summed E-state index contributed by atoms with van der Waals surface area (Å²) in [4.78, 5) is 15.2. The van der Waals surface area contributed by atoms with Gasteiger partial charge < -0.3 is 4.90 Å². The highest BCUT2D eigenvalue weighted by atomic mass is 16.2. The van der Waals surface area contributed by atoms with Crippen LogP contribution < -0.4 is 0 Å². The molecule has 1 amide bonds. The first-order valence-electron chi connectivity index (χ1n) is 8.24. The van der Waals surface area contributed by atoms with Crippen molar-refractivity contribution in [2.45, 2.75) is 73.3 Å². The smallest absolute Gasteiger partial charge is 0.226 e. The molecule has 0 saturated heterocycles. The van der Waals surface area contributed by atoms with Gasteiger partial charge in [-0.25, -0.2) is 0 Å². The first-order chi connectivity index (χ1) is 8.93. The zero-order valence-electron chi connectivity index (χ0n) is 13.8. The lowest BCUT2D eigenvalue weighted by atomic mass is 9.81. The standard InChI is InChI=1S/C17H33NO/c1-7-13(5)16(12(3)4)17(19)18(8-2)15-11-9-10-14(15)6/h12-16H,7-11H2,1-6H3. The molecule has 1 rings (SSSR count). The topological polar surface area (TPSA) is 20.3 Å². The number of hydrogen-bond acceptors (Lipinski definition) is 1. The lowest BCUT2D eigenvalue weighted by Gasteiger charge is -2.37. The molecule has 2 heteroatoms. The van der Waals surface area contributed by atoms with Gasteiger partial charge in [0.15, 0.2) is 0 Å². The summed E-state index contributed by atoms with van der Waals surface area (Å²) in [5, 5.41) is 0. The molecule has 1 fully saturated rings. The fraction of sp³-hybridized carbons (Fsp3) is 0.941. The van der Waals surface area contributed by atoms with Crippen LogP contribution in [0.1, 0.15) is 67.2 Å². The molecule has 0 aromatic carbocycles. The van der Waals surface area contributed by atoms with Crippen LogP contribution in [-0.2, 0) is 4.79 Å². The molecule has 0 heterocycles. The molecule has 1 saturated carbocycles. The van der Waals surface area contributed by atoms with E-state index in [1.165, 1.54) is 19.3 Å². The zero-order chi connectivity index (χ0) is 14.6. The van der Waals surface area contributed by atoms with E-state index in [-0.39, 0.29) is 5.92 Å². The molecule has 19 heavy (non-hydrogen) atoms. The molecule has 0 spiro atoms. The van der Waals surface area contributed by atoms with E-state index in [9.17, 15) is 4.79 Å². The zero-order valence-corrected chi connectivity index (χ0v) is 13.8. The van der Waals surface area contributed by atoms with Crippen molar-refractivity contribution in [3.63, 3.8) is 0 Å². The van der Waals surface area contributed by atoms with Gasteiger partial charge in [-0.2, -0.15) is 0 Å². The van der Waals surface area contributed by atoms with Gasteiger partial charge in [0.05, 0.1) is 0 Å². The minimum atomic E-state index is 0.192. The fourth-order valence-corrected chi connectivity index (χ4v) is 3.77. The second kappa shape index (κ2) is 7.31. The van der Waals surface area contributed by atoms with Gasteiger partial charge in [0.1, 0.15) is 0 Å². The molecule has 4 atom stereocenters. The Hall–Kier alpha value is -0.530. The van der Waals surface area contributed by atoms with Gasteiger partial charge in [-0.15, -0.1) is 0 Å². The molecule has 4 unspecified atom stereocenters. The van der Waals surface area contributed by atoms with Crippen LogP contribution in [0.25, 0.3) is 0 Å². The van der Waals surface area contributed by atoms with Crippen molar-refractivity contribution < 1.29 is 4.79 Å².